The maximum atomic E-state index is 10.5. The van der Waals surface area contributed by atoms with Crippen molar-refractivity contribution in [3.05, 3.63) is 38.8 Å². The van der Waals surface area contributed by atoms with Crippen LogP contribution in [-0.4, -0.2) is 5.11 Å². The molecule has 22 heavy (non-hydrogen) atoms. The van der Waals surface area contributed by atoms with Crippen LogP contribution in [0.1, 0.15) is 51.0 Å². The molecule has 0 fully saturated rings. The predicted octanol–water partition coefficient (Wildman–Crippen LogP) is 7.41. The second-order valence-corrected chi connectivity index (χ2v) is 6.80. The Balaban J connectivity index is 2.20. The highest BCUT2D eigenvalue weighted by molar-refractivity contribution is 6.48. The molecule has 0 aliphatic carbocycles. The molecule has 4 heteroatoms. The Labute approximate surface area is 147 Å². The van der Waals surface area contributed by atoms with Crippen LogP contribution in [0.5, 0.6) is 5.75 Å². The molecule has 0 atom stereocenters. The molecular weight excluding hydrogens is 339 g/mol. The van der Waals surface area contributed by atoms with Gasteiger partial charge in [-0.2, -0.15) is 0 Å². The summed E-state index contributed by atoms with van der Waals surface area (Å²) in [6, 6.07) is 5.38. The quantitative estimate of drug-likeness (QED) is 0.510. The highest BCUT2D eigenvalue weighted by Crippen LogP contribution is 2.44. The summed E-state index contributed by atoms with van der Waals surface area (Å²) < 4.78 is 0. The Kier molecular flexibility index (Phi) is 6.67. The molecule has 1 nitrogen and oxygen atoms in total. The zero-order chi connectivity index (χ0) is 16.1. The van der Waals surface area contributed by atoms with E-state index >= 15 is 0 Å². The highest BCUT2D eigenvalue weighted by Gasteiger charge is 2.18. The molecule has 0 aliphatic heterocycles. The van der Waals surface area contributed by atoms with Gasteiger partial charge in [0.05, 0.1) is 15.1 Å². The first kappa shape index (κ1) is 17.7. The van der Waals surface area contributed by atoms with Gasteiger partial charge in [-0.1, -0.05) is 86.0 Å². The number of unbranched alkanes of at least 4 members (excludes halogenated alkanes) is 5. The van der Waals surface area contributed by atoms with Crippen molar-refractivity contribution in [3.63, 3.8) is 0 Å². The Hall–Kier alpha value is -0.630. The van der Waals surface area contributed by atoms with Gasteiger partial charge in [-0.05, 0) is 18.9 Å². The van der Waals surface area contributed by atoms with Gasteiger partial charge in [0, 0.05) is 16.3 Å². The number of benzene rings is 2. The van der Waals surface area contributed by atoms with E-state index in [2.05, 4.69) is 6.92 Å². The molecule has 0 unspecified atom stereocenters. The third kappa shape index (κ3) is 3.82. The summed E-state index contributed by atoms with van der Waals surface area (Å²) in [5.41, 5.74) is 0.733. The fraction of sp³-hybridized carbons (Fsp3) is 0.444. The van der Waals surface area contributed by atoms with Gasteiger partial charge in [-0.15, -0.1) is 0 Å². The van der Waals surface area contributed by atoms with E-state index < -0.39 is 0 Å². The number of halogens is 3. The summed E-state index contributed by atoms with van der Waals surface area (Å²) >= 11 is 18.9. The lowest BCUT2D eigenvalue weighted by Gasteiger charge is -2.14. The van der Waals surface area contributed by atoms with Crippen molar-refractivity contribution in [1.82, 2.24) is 0 Å². The Morgan fingerprint density at radius 1 is 0.909 bits per heavy atom. The Morgan fingerprint density at radius 3 is 2.32 bits per heavy atom. The van der Waals surface area contributed by atoms with Crippen molar-refractivity contribution in [2.24, 2.45) is 0 Å². The second-order valence-electron chi connectivity index (χ2n) is 5.64. The largest absolute Gasteiger partial charge is 0.507 e. The number of hydrogen-bond donors (Lipinski definition) is 1. The number of aromatic hydroxyl groups is 1. The Morgan fingerprint density at radius 2 is 1.59 bits per heavy atom. The van der Waals surface area contributed by atoms with E-state index in [1.54, 1.807) is 6.07 Å². The minimum atomic E-state index is 0.209. The summed E-state index contributed by atoms with van der Waals surface area (Å²) in [5, 5.41) is 13.2. The van der Waals surface area contributed by atoms with Gasteiger partial charge in [0.15, 0.2) is 0 Å². The van der Waals surface area contributed by atoms with Crippen molar-refractivity contribution in [2.75, 3.05) is 0 Å². The minimum absolute atomic E-state index is 0.209. The van der Waals surface area contributed by atoms with Crippen LogP contribution in [0.2, 0.25) is 15.1 Å². The maximum absolute atomic E-state index is 10.5. The molecule has 2 aromatic rings. The standard InChI is InChI=1S/C18H21Cl3O/c1-2-3-4-5-6-7-9-13-16(20)17(21)15-12(18(13)22)10-8-11-14(15)19/h8,10-11,22H,2-7,9H2,1H3. The number of phenolic OH excluding ortho intramolecular Hbond substituents is 1. The van der Waals surface area contributed by atoms with E-state index in [9.17, 15) is 5.11 Å². The molecular formula is C18H21Cl3O. The number of phenols is 1. The van der Waals surface area contributed by atoms with Gasteiger partial charge >= 0.3 is 0 Å². The highest BCUT2D eigenvalue weighted by atomic mass is 35.5. The van der Waals surface area contributed by atoms with Crippen LogP contribution in [0.3, 0.4) is 0 Å². The van der Waals surface area contributed by atoms with Crippen LogP contribution in [0, 0.1) is 0 Å². The van der Waals surface area contributed by atoms with Crippen molar-refractivity contribution in [3.8, 4) is 5.75 Å². The molecule has 0 saturated heterocycles. The van der Waals surface area contributed by atoms with Crippen molar-refractivity contribution in [1.29, 1.82) is 0 Å². The molecule has 0 bridgehead atoms. The molecule has 0 aromatic heterocycles. The predicted molar refractivity (Wildman–Crippen MR) is 97.7 cm³/mol. The molecule has 120 valence electrons. The molecule has 0 heterocycles. The second kappa shape index (κ2) is 8.29. The van der Waals surface area contributed by atoms with E-state index in [1.807, 2.05) is 12.1 Å². The van der Waals surface area contributed by atoms with Gasteiger partial charge in [-0.25, -0.2) is 0 Å². The minimum Gasteiger partial charge on any atom is -0.507 e. The lowest BCUT2D eigenvalue weighted by molar-refractivity contribution is 0.472. The first-order valence-corrected chi connectivity index (χ1v) is 8.98. The molecule has 2 rings (SSSR count). The van der Waals surface area contributed by atoms with Crippen molar-refractivity contribution >= 4 is 45.6 Å². The monoisotopic (exact) mass is 358 g/mol. The lowest BCUT2D eigenvalue weighted by atomic mass is 10.00. The normalized spacial score (nSPS) is 11.3. The average molecular weight is 360 g/mol. The average Bonchev–Trinajstić information content (AvgIpc) is 2.51. The van der Waals surface area contributed by atoms with E-state index in [1.165, 1.54) is 25.7 Å². The molecule has 0 spiro atoms. The van der Waals surface area contributed by atoms with Crippen LogP contribution < -0.4 is 0 Å². The third-order valence-corrected chi connectivity index (χ3v) is 5.22. The van der Waals surface area contributed by atoms with Crippen molar-refractivity contribution < 1.29 is 5.11 Å². The number of rotatable bonds is 7. The maximum Gasteiger partial charge on any atom is 0.128 e. The lowest BCUT2D eigenvalue weighted by Crippen LogP contribution is -1.92. The first-order valence-electron chi connectivity index (χ1n) is 7.85. The SMILES string of the molecule is CCCCCCCCc1c(Cl)c(Cl)c2c(Cl)cccc2c1O. The zero-order valence-electron chi connectivity index (χ0n) is 12.8. The number of hydrogen-bond acceptors (Lipinski definition) is 1. The topological polar surface area (TPSA) is 20.2 Å². The van der Waals surface area contributed by atoms with Crippen molar-refractivity contribution in [2.45, 2.75) is 51.9 Å². The molecule has 2 aromatic carbocycles. The van der Waals surface area contributed by atoms with Crippen LogP contribution in [-0.2, 0) is 6.42 Å². The molecule has 0 saturated carbocycles. The van der Waals surface area contributed by atoms with E-state index in [-0.39, 0.29) is 5.75 Å². The summed E-state index contributed by atoms with van der Waals surface area (Å²) in [7, 11) is 0. The summed E-state index contributed by atoms with van der Waals surface area (Å²) in [6.07, 6.45) is 7.89. The third-order valence-electron chi connectivity index (χ3n) is 4.01. The first-order chi connectivity index (χ1) is 10.6. The molecule has 0 radical (unpaired) electrons. The summed E-state index contributed by atoms with van der Waals surface area (Å²) in [5.74, 6) is 0.209. The van der Waals surface area contributed by atoms with Gasteiger partial charge in [0.25, 0.3) is 0 Å². The van der Waals surface area contributed by atoms with Crippen LogP contribution in [0.25, 0.3) is 10.8 Å². The van der Waals surface area contributed by atoms with E-state index in [0.717, 1.165) is 24.8 Å². The van der Waals surface area contributed by atoms with Gasteiger partial charge in [0.1, 0.15) is 5.75 Å². The van der Waals surface area contributed by atoms with Crippen LogP contribution in [0.15, 0.2) is 18.2 Å². The van der Waals surface area contributed by atoms with E-state index in [4.69, 9.17) is 34.8 Å². The zero-order valence-corrected chi connectivity index (χ0v) is 15.0. The fourth-order valence-electron chi connectivity index (χ4n) is 2.76. The Bertz CT molecular complexity index is 653. The molecule has 1 N–H and O–H groups in total. The number of fused-ring (bicyclic) bond motifs is 1. The van der Waals surface area contributed by atoms with Crippen LogP contribution in [0.4, 0.5) is 0 Å². The van der Waals surface area contributed by atoms with Crippen LogP contribution >= 0.6 is 34.8 Å². The van der Waals surface area contributed by atoms with Gasteiger partial charge < -0.3 is 5.11 Å². The summed E-state index contributed by atoms with van der Waals surface area (Å²) in [4.78, 5) is 0. The fourth-order valence-corrected chi connectivity index (χ4v) is 3.68. The van der Waals surface area contributed by atoms with Gasteiger partial charge in [-0.3, -0.25) is 0 Å². The molecule has 0 amide bonds. The van der Waals surface area contributed by atoms with E-state index in [0.29, 0.717) is 25.8 Å². The smallest absolute Gasteiger partial charge is 0.128 e. The van der Waals surface area contributed by atoms with Gasteiger partial charge in [0.2, 0.25) is 0 Å². The summed E-state index contributed by atoms with van der Waals surface area (Å²) in [6.45, 7) is 2.21. The molecule has 0 aliphatic rings.